The summed E-state index contributed by atoms with van der Waals surface area (Å²) in [5, 5.41) is 3.45. The van der Waals surface area contributed by atoms with E-state index in [9.17, 15) is 0 Å². The van der Waals surface area contributed by atoms with Crippen LogP contribution >= 0.6 is 0 Å². The fourth-order valence-electron chi connectivity index (χ4n) is 3.41. The number of ether oxygens (including phenoxy) is 3. The lowest BCUT2D eigenvalue weighted by molar-refractivity contribution is 0.00991. The molecule has 1 saturated heterocycles. The minimum atomic E-state index is 0.358. The summed E-state index contributed by atoms with van der Waals surface area (Å²) in [6.45, 7) is 10.2. The van der Waals surface area contributed by atoms with E-state index in [-0.39, 0.29) is 0 Å². The van der Waals surface area contributed by atoms with Crippen molar-refractivity contribution in [3.8, 4) is 5.75 Å². The van der Waals surface area contributed by atoms with E-state index in [0.717, 1.165) is 89.8 Å². The number of nitrogens with zero attached hydrogens (tertiary/aromatic N) is 2. The lowest BCUT2D eigenvalue weighted by atomic mass is 10.1. The summed E-state index contributed by atoms with van der Waals surface area (Å²) < 4.78 is 16.8. The molecule has 0 aliphatic carbocycles. The van der Waals surface area contributed by atoms with Gasteiger partial charge < -0.3 is 24.4 Å². The van der Waals surface area contributed by atoms with E-state index in [1.807, 2.05) is 6.07 Å². The molecular formula is C23H39N3O3. The molecule has 6 heteroatoms. The molecule has 0 saturated carbocycles. The molecule has 6 nitrogen and oxygen atoms in total. The smallest absolute Gasteiger partial charge is 0.193 e. The van der Waals surface area contributed by atoms with Crippen LogP contribution in [-0.4, -0.2) is 70.1 Å². The third-order valence-corrected chi connectivity index (χ3v) is 4.96. The summed E-state index contributed by atoms with van der Waals surface area (Å²) in [5.74, 6) is 1.97. The second-order valence-corrected chi connectivity index (χ2v) is 7.39. The van der Waals surface area contributed by atoms with Crippen molar-refractivity contribution < 1.29 is 14.2 Å². The minimum absolute atomic E-state index is 0.358. The summed E-state index contributed by atoms with van der Waals surface area (Å²) in [6.07, 6.45) is 5.36. The SMILES string of the molecule is CCCOc1cccc(CCN=C(NCC)N2CCC(OCCCOC)CC2)c1. The fourth-order valence-corrected chi connectivity index (χ4v) is 3.41. The number of guanidine groups is 1. The van der Waals surface area contributed by atoms with Gasteiger partial charge in [0, 0.05) is 46.5 Å². The number of aliphatic imine (C=N–C) groups is 1. The van der Waals surface area contributed by atoms with Gasteiger partial charge in [-0.15, -0.1) is 0 Å². The van der Waals surface area contributed by atoms with E-state index in [1.54, 1.807) is 7.11 Å². The number of hydrogen-bond acceptors (Lipinski definition) is 4. The van der Waals surface area contributed by atoms with Gasteiger partial charge in [-0.2, -0.15) is 0 Å². The summed E-state index contributed by atoms with van der Waals surface area (Å²) in [6, 6.07) is 8.36. The van der Waals surface area contributed by atoms with Crippen LogP contribution in [0.3, 0.4) is 0 Å². The van der Waals surface area contributed by atoms with Crippen LogP contribution in [0.1, 0.15) is 45.1 Å². The van der Waals surface area contributed by atoms with Crippen LogP contribution in [0.2, 0.25) is 0 Å². The maximum absolute atomic E-state index is 5.97. The zero-order valence-electron chi connectivity index (χ0n) is 18.5. The molecule has 1 heterocycles. The maximum Gasteiger partial charge on any atom is 0.193 e. The summed E-state index contributed by atoms with van der Waals surface area (Å²) >= 11 is 0. The Morgan fingerprint density at radius 3 is 2.72 bits per heavy atom. The van der Waals surface area contributed by atoms with Crippen molar-refractivity contribution in [2.24, 2.45) is 4.99 Å². The van der Waals surface area contributed by atoms with Gasteiger partial charge in [-0.05, 0) is 56.7 Å². The van der Waals surface area contributed by atoms with Crippen LogP contribution in [0.25, 0.3) is 0 Å². The molecule has 1 N–H and O–H groups in total. The van der Waals surface area contributed by atoms with Crippen LogP contribution in [-0.2, 0) is 15.9 Å². The zero-order chi connectivity index (χ0) is 20.7. The number of hydrogen-bond donors (Lipinski definition) is 1. The van der Waals surface area contributed by atoms with Gasteiger partial charge in [0.1, 0.15) is 5.75 Å². The highest BCUT2D eigenvalue weighted by Crippen LogP contribution is 2.16. The third-order valence-electron chi connectivity index (χ3n) is 4.96. The molecule has 0 atom stereocenters. The van der Waals surface area contributed by atoms with E-state index in [0.29, 0.717) is 6.10 Å². The second kappa shape index (κ2) is 14.2. The molecule has 1 aliphatic heterocycles. The minimum Gasteiger partial charge on any atom is -0.494 e. The average molecular weight is 406 g/mol. The molecule has 0 amide bonds. The molecule has 29 heavy (non-hydrogen) atoms. The Hall–Kier alpha value is -1.79. The van der Waals surface area contributed by atoms with Gasteiger partial charge in [-0.3, -0.25) is 4.99 Å². The Labute approximate surface area is 176 Å². The van der Waals surface area contributed by atoms with Gasteiger partial charge in [-0.25, -0.2) is 0 Å². The number of methoxy groups -OCH3 is 1. The topological polar surface area (TPSA) is 55.3 Å². The molecule has 1 fully saturated rings. The lowest BCUT2D eigenvalue weighted by Crippen LogP contribution is -2.47. The van der Waals surface area contributed by atoms with Crippen LogP contribution < -0.4 is 10.1 Å². The van der Waals surface area contributed by atoms with Crippen molar-refractivity contribution in [2.45, 2.75) is 52.1 Å². The van der Waals surface area contributed by atoms with Gasteiger partial charge in [0.25, 0.3) is 0 Å². The normalized spacial score (nSPS) is 15.6. The first-order valence-corrected chi connectivity index (χ1v) is 11.1. The number of benzene rings is 1. The first kappa shape index (κ1) is 23.5. The standard InChI is InChI=1S/C23H39N3O3/c1-4-16-28-22-9-6-8-20(19-22)10-13-25-23(24-5-2)26-14-11-21(12-15-26)29-18-7-17-27-3/h6,8-9,19,21H,4-5,7,10-18H2,1-3H3,(H,24,25). The highest BCUT2D eigenvalue weighted by atomic mass is 16.5. The molecule has 164 valence electrons. The van der Waals surface area contributed by atoms with Crippen molar-refractivity contribution in [1.82, 2.24) is 10.2 Å². The van der Waals surface area contributed by atoms with Gasteiger partial charge in [0.15, 0.2) is 5.96 Å². The monoisotopic (exact) mass is 405 g/mol. The second-order valence-electron chi connectivity index (χ2n) is 7.39. The van der Waals surface area contributed by atoms with Gasteiger partial charge >= 0.3 is 0 Å². The molecule has 0 spiro atoms. The van der Waals surface area contributed by atoms with Crippen molar-refractivity contribution in [2.75, 3.05) is 53.1 Å². The highest BCUT2D eigenvalue weighted by molar-refractivity contribution is 5.80. The van der Waals surface area contributed by atoms with E-state index in [1.165, 1.54) is 5.56 Å². The largest absolute Gasteiger partial charge is 0.494 e. The highest BCUT2D eigenvalue weighted by Gasteiger charge is 2.21. The number of piperidine rings is 1. The van der Waals surface area contributed by atoms with Gasteiger partial charge in [0.2, 0.25) is 0 Å². The van der Waals surface area contributed by atoms with Crippen LogP contribution in [0, 0.1) is 0 Å². The molecule has 1 aromatic carbocycles. The molecular weight excluding hydrogens is 366 g/mol. The van der Waals surface area contributed by atoms with Crippen molar-refractivity contribution in [1.29, 1.82) is 0 Å². The number of nitrogens with one attached hydrogen (secondary N) is 1. The Kier molecular flexibility index (Phi) is 11.5. The predicted octanol–water partition coefficient (Wildman–Crippen LogP) is 3.50. The molecule has 2 rings (SSSR count). The first-order chi connectivity index (χ1) is 14.3. The van der Waals surface area contributed by atoms with Gasteiger partial charge in [-0.1, -0.05) is 19.1 Å². The molecule has 0 bridgehead atoms. The van der Waals surface area contributed by atoms with E-state index in [4.69, 9.17) is 19.2 Å². The maximum atomic E-state index is 5.97. The van der Waals surface area contributed by atoms with Crippen LogP contribution in [0.4, 0.5) is 0 Å². The van der Waals surface area contributed by atoms with E-state index in [2.05, 4.69) is 42.3 Å². The number of rotatable bonds is 12. The summed E-state index contributed by atoms with van der Waals surface area (Å²) in [4.78, 5) is 7.23. The quantitative estimate of drug-likeness (QED) is 0.328. The predicted molar refractivity (Wildman–Crippen MR) is 119 cm³/mol. The summed E-state index contributed by atoms with van der Waals surface area (Å²) in [7, 11) is 1.73. The van der Waals surface area contributed by atoms with Crippen LogP contribution in [0.5, 0.6) is 5.75 Å². The lowest BCUT2D eigenvalue weighted by Gasteiger charge is -2.34. The van der Waals surface area contributed by atoms with E-state index >= 15 is 0 Å². The zero-order valence-corrected chi connectivity index (χ0v) is 18.5. The Balaban J connectivity index is 1.79. The number of likely N-dealkylation sites (tertiary alicyclic amines) is 1. The average Bonchev–Trinajstić information content (AvgIpc) is 2.75. The summed E-state index contributed by atoms with van der Waals surface area (Å²) in [5.41, 5.74) is 1.27. The molecule has 0 unspecified atom stereocenters. The fraction of sp³-hybridized carbons (Fsp3) is 0.696. The first-order valence-electron chi connectivity index (χ1n) is 11.1. The van der Waals surface area contributed by atoms with Gasteiger partial charge in [0.05, 0.1) is 12.7 Å². The molecule has 1 aromatic rings. The Morgan fingerprint density at radius 1 is 1.17 bits per heavy atom. The van der Waals surface area contributed by atoms with E-state index < -0.39 is 0 Å². The third kappa shape index (κ3) is 9.05. The molecule has 0 radical (unpaired) electrons. The molecule has 1 aliphatic rings. The Bertz CT molecular complexity index is 586. The molecule has 0 aromatic heterocycles. The van der Waals surface area contributed by atoms with Crippen LogP contribution in [0.15, 0.2) is 29.3 Å². The Morgan fingerprint density at radius 2 is 2.00 bits per heavy atom. The van der Waals surface area contributed by atoms with Crippen molar-refractivity contribution >= 4 is 5.96 Å². The van der Waals surface area contributed by atoms with Crippen molar-refractivity contribution in [3.05, 3.63) is 29.8 Å². The van der Waals surface area contributed by atoms with Crippen molar-refractivity contribution in [3.63, 3.8) is 0 Å².